The zero-order valence-corrected chi connectivity index (χ0v) is 28.6. The quantitative estimate of drug-likeness (QED) is 0.0935. The van der Waals surface area contributed by atoms with Gasteiger partial charge < -0.3 is 11.1 Å². The van der Waals surface area contributed by atoms with Gasteiger partial charge in [-0.15, -0.1) is 16.8 Å². The van der Waals surface area contributed by atoms with Gasteiger partial charge in [0.15, 0.2) is 5.65 Å². The molecule has 0 aliphatic heterocycles. The number of nitrogen functional groups attached to an aromatic ring is 1. The first-order valence-electron chi connectivity index (χ1n) is 16.2. The highest BCUT2D eigenvalue weighted by Gasteiger charge is 2.50. The number of nitrogens with one attached hydrogen (secondary N) is 1. The molecule has 6 rings (SSSR count). The van der Waals surface area contributed by atoms with Crippen LogP contribution in [0.25, 0.3) is 16.8 Å². The van der Waals surface area contributed by atoms with Gasteiger partial charge in [-0.1, -0.05) is 12.0 Å². The lowest BCUT2D eigenvalue weighted by molar-refractivity contribution is -0.122. The monoisotopic (exact) mass is 720 g/mol. The lowest BCUT2D eigenvalue weighted by Gasteiger charge is -2.23. The Morgan fingerprint density at radius 1 is 1.10 bits per heavy atom. The molecule has 1 aliphatic rings. The molecule has 9 nitrogen and oxygen atoms in total. The van der Waals surface area contributed by atoms with Gasteiger partial charge in [0.1, 0.15) is 35.3 Å². The Labute approximate surface area is 295 Å². The van der Waals surface area contributed by atoms with E-state index in [1.165, 1.54) is 0 Å². The molecule has 270 valence electrons. The van der Waals surface area contributed by atoms with E-state index in [0.29, 0.717) is 38.9 Å². The SMILES string of the molecule is C=C[C@H]1CC(F)(F)c2c1c(C(F)F)nn2CC(=O)N[C@@H](Cc1cc(F)cc(F)c1)c1nc(C#CC(C)(C)C)ccc1-c1ccc(C)n2c(N)nnc12. The second-order valence-corrected chi connectivity index (χ2v) is 13.7. The van der Waals surface area contributed by atoms with Crippen LogP contribution < -0.4 is 11.1 Å². The molecular weight excluding hydrogens is 686 g/mol. The Morgan fingerprint density at radius 2 is 1.79 bits per heavy atom. The van der Waals surface area contributed by atoms with Gasteiger partial charge in [-0.3, -0.25) is 13.9 Å². The number of hydrogen-bond donors (Lipinski definition) is 2. The predicted molar refractivity (Wildman–Crippen MR) is 181 cm³/mol. The molecule has 0 bridgehead atoms. The Morgan fingerprint density at radius 3 is 2.44 bits per heavy atom. The molecule has 0 spiro atoms. The normalized spacial score (nSPS) is 15.7. The number of hydrogen-bond acceptors (Lipinski definition) is 6. The molecule has 3 N–H and O–H groups in total. The van der Waals surface area contributed by atoms with Crippen molar-refractivity contribution in [1.29, 1.82) is 0 Å². The van der Waals surface area contributed by atoms with Crippen LogP contribution in [0.4, 0.5) is 32.3 Å². The van der Waals surface area contributed by atoms with E-state index in [9.17, 15) is 22.4 Å². The zero-order chi connectivity index (χ0) is 37.7. The van der Waals surface area contributed by atoms with E-state index in [1.807, 2.05) is 20.8 Å². The molecule has 0 saturated heterocycles. The fourth-order valence-corrected chi connectivity index (χ4v) is 6.43. The molecule has 0 unspecified atom stereocenters. The summed E-state index contributed by atoms with van der Waals surface area (Å²) >= 11 is 0. The number of anilines is 1. The number of aromatic nitrogens is 6. The Bertz CT molecular complexity index is 2260. The summed E-state index contributed by atoms with van der Waals surface area (Å²) in [5.41, 5.74) is 6.25. The van der Waals surface area contributed by atoms with Crippen LogP contribution in [0.1, 0.15) is 85.2 Å². The van der Waals surface area contributed by atoms with Gasteiger partial charge in [0, 0.05) is 46.2 Å². The standard InChI is InChI=1S/C37H34F6N8O/c1-6-21-17-37(42,43)32-29(21)31(33(40)41)49-50(32)18-28(52)46-27(15-20-13-22(38)16-23(39)14-20)30-25(10-8-24(45-30)11-12-36(3,4)5)26-9-7-19(2)51-34(26)47-48-35(51)44/h6-10,13-14,16,21,27,33H,1,15,17-18H2,2-5H3,(H2,44,48)(H,46,52)/t21-,27-/m0/s1. The van der Waals surface area contributed by atoms with Crippen LogP contribution in [0.15, 0.2) is 55.1 Å². The van der Waals surface area contributed by atoms with Crippen molar-refractivity contribution in [3.63, 3.8) is 0 Å². The van der Waals surface area contributed by atoms with E-state index in [1.54, 1.807) is 35.6 Å². The molecule has 52 heavy (non-hydrogen) atoms. The predicted octanol–water partition coefficient (Wildman–Crippen LogP) is 7.36. The third-order valence-electron chi connectivity index (χ3n) is 8.58. The van der Waals surface area contributed by atoms with Gasteiger partial charge in [-0.25, -0.2) is 22.5 Å². The minimum atomic E-state index is -3.57. The minimum Gasteiger partial charge on any atom is -0.368 e. The van der Waals surface area contributed by atoms with E-state index < -0.39 is 71.6 Å². The highest BCUT2D eigenvalue weighted by molar-refractivity contribution is 5.82. The number of fused-ring (bicyclic) bond motifs is 2. The van der Waals surface area contributed by atoms with E-state index in [4.69, 9.17) is 10.7 Å². The van der Waals surface area contributed by atoms with E-state index in [2.05, 4.69) is 39.0 Å². The second-order valence-electron chi connectivity index (χ2n) is 13.7. The van der Waals surface area contributed by atoms with Gasteiger partial charge in [0.25, 0.3) is 12.3 Å². The van der Waals surface area contributed by atoms with E-state index >= 15 is 8.78 Å². The topological polar surface area (TPSA) is 116 Å². The molecule has 1 aliphatic carbocycles. The van der Waals surface area contributed by atoms with Crippen molar-refractivity contribution in [3.8, 4) is 23.0 Å². The van der Waals surface area contributed by atoms with Crippen LogP contribution >= 0.6 is 0 Å². The molecule has 2 atom stereocenters. The molecule has 0 saturated carbocycles. The van der Waals surface area contributed by atoms with Gasteiger partial charge in [0.05, 0.1) is 11.7 Å². The Kier molecular flexibility index (Phi) is 9.37. The van der Waals surface area contributed by atoms with Gasteiger partial charge in [0.2, 0.25) is 11.9 Å². The number of nitrogens with two attached hydrogens (primary N) is 1. The maximum atomic E-state index is 15.3. The molecule has 0 fully saturated rings. The average molecular weight is 721 g/mol. The van der Waals surface area contributed by atoms with Gasteiger partial charge in [-0.05, 0) is 82.0 Å². The fraction of sp³-hybridized carbons (Fsp3) is 0.324. The van der Waals surface area contributed by atoms with Crippen molar-refractivity contribution in [2.45, 2.75) is 71.4 Å². The summed E-state index contributed by atoms with van der Waals surface area (Å²) in [4.78, 5) is 18.6. The van der Waals surface area contributed by atoms with Crippen molar-refractivity contribution >= 4 is 17.5 Å². The first-order valence-corrected chi connectivity index (χ1v) is 16.2. The second kappa shape index (κ2) is 13.5. The van der Waals surface area contributed by atoms with Crippen LogP contribution in [0.2, 0.25) is 0 Å². The number of pyridine rings is 2. The molecule has 15 heteroatoms. The number of aryl methyl sites for hydroxylation is 1. The number of carbonyl (C=O) groups excluding carboxylic acids is 1. The zero-order valence-electron chi connectivity index (χ0n) is 28.6. The average Bonchev–Trinajstić information content (AvgIpc) is 3.71. The number of benzene rings is 1. The summed E-state index contributed by atoms with van der Waals surface area (Å²) in [6.07, 6.45) is -3.07. The third kappa shape index (κ3) is 7.10. The van der Waals surface area contributed by atoms with Crippen LogP contribution in [-0.2, 0) is 23.7 Å². The lowest BCUT2D eigenvalue weighted by Crippen LogP contribution is -2.35. The number of nitrogens with zero attached hydrogens (tertiary/aromatic N) is 6. The molecule has 0 radical (unpaired) electrons. The number of alkyl halides is 4. The van der Waals surface area contributed by atoms with Crippen molar-refractivity contribution in [2.24, 2.45) is 5.41 Å². The number of amides is 1. The van der Waals surface area contributed by atoms with Crippen LogP contribution in [0.3, 0.4) is 0 Å². The minimum absolute atomic E-state index is 0.113. The van der Waals surface area contributed by atoms with E-state index in [0.717, 1.165) is 18.2 Å². The van der Waals surface area contributed by atoms with Crippen molar-refractivity contribution in [3.05, 3.63) is 106 Å². The molecule has 1 aromatic carbocycles. The van der Waals surface area contributed by atoms with Crippen molar-refractivity contribution in [1.82, 2.24) is 34.7 Å². The maximum absolute atomic E-state index is 15.3. The first kappa shape index (κ1) is 36.2. The number of allylic oxidation sites excluding steroid dienone is 1. The Hall–Kier alpha value is -5.65. The molecule has 5 aromatic rings. The Balaban J connectivity index is 1.50. The number of rotatable bonds is 9. The smallest absolute Gasteiger partial charge is 0.290 e. The molecule has 4 aromatic heterocycles. The van der Waals surface area contributed by atoms with Crippen LogP contribution in [0, 0.1) is 35.8 Å². The largest absolute Gasteiger partial charge is 0.368 e. The summed E-state index contributed by atoms with van der Waals surface area (Å²) in [5, 5.41) is 14.7. The van der Waals surface area contributed by atoms with Crippen molar-refractivity contribution in [2.75, 3.05) is 5.73 Å². The molecule has 1 amide bonds. The third-order valence-corrected chi connectivity index (χ3v) is 8.58. The van der Waals surface area contributed by atoms with E-state index in [-0.39, 0.29) is 29.2 Å². The van der Waals surface area contributed by atoms with Gasteiger partial charge in [-0.2, -0.15) is 13.9 Å². The molecular formula is C37H34F6N8O. The summed E-state index contributed by atoms with van der Waals surface area (Å²) in [6, 6.07) is 8.55. The lowest BCUT2D eigenvalue weighted by atomic mass is 9.94. The highest BCUT2D eigenvalue weighted by Crippen LogP contribution is 2.51. The summed E-state index contributed by atoms with van der Waals surface area (Å²) in [5.74, 6) is -1.09. The maximum Gasteiger partial charge on any atom is 0.290 e. The van der Waals surface area contributed by atoms with Crippen LogP contribution in [-0.4, -0.2) is 35.3 Å². The number of carbonyl (C=O) groups is 1. The van der Waals surface area contributed by atoms with Gasteiger partial charge >= 0.3 is 0 Å². The summed E-state index contributed by atoms with van der Waals surface area (Å²) in [7, 11) is 0. The summed E-state index contributed by atoms with van der Waals surface area (Å²) in [6.45, 7) is 10.1. The highest BCUT2D eigenvalue weighted by atomic mass is 19.3. The number of halogens is 6. The molecule has 4 heterocycles. The first-order chi connectivity index (χ1) is 24.5. The van der Waals surface area contributed by atoms with Crippen LogP contribution in [0.5, 0.6) is 0 Å². The van der Waals surface area contributed by atoms with Crippen molar-refractivity contribution < 1.29 is 31.1 Å². The fourth-order valence-electron chi connectivity index (χ4n) is 6.43. The summed E-state index contributed by atoms with van der Waals surface area (Å²) < 4.78 is 89.7.